The lowest BCUT2D eigenvalue weighted by Gasteiger charge is -2.30. The van der Waals surface area contributed by atoms with E-state index in [1.807, 2.05) is 29.6 Å². The Morgan fingerprint density at radius 1 is 1.27 bits per heavy atom. The van der Waals surface area contributed by atoms with Crippen LogP contribution in [0.4, 0.5) is 0 Å². The summed E-state index contributed by atoms with van der Waals surface area (Å²) >= 11 is 9.11. The molecule has 2 aromatic rings. The molecular formula is C18H20ClN3O2S2. The Bertz CT molecular complexity index is 771. The van der Waals surface area contributed by atoms with Gasteiger partial charge in [0.1, 0.15) is 4.34 Å². The smallest absolute Gasteiger partial charge is 0.228 e. The summed E-state index contributed by atoms with van der Waals surface area (Å²) in [5.41, 5.74) is 7.32. The number of piperidine rings is 1. The number of nitrogens with two attached hydrogens (primary N) is 1. The highest BCUT2D eigenvalue weighted by Gasteiger charge is 2.26. The fraction of sp³-hybridized carbons (Fsp3) is 0.389. The van der Waals surface area contributed by atoms with Gasteiger partial charge >= 0.3 is 0 Å². The van der Waals surface area contributed by atoms with Gasteiger partial charge in [0.05, 0.1) is 12.1 Å². The summed E-state index contributed by atoms with van der Waals surface area (Å²) < 4.78 is 0.954. The van der Waals surface area contributed by atoms with Gasteiger partial charge in [-0.3, -0.25) is 9.59 Å². The molecule has 1 aromatic heterocycles. The van der Waals surface area contributed by atoms with Crippen LogP contribution in [0.5, 0.6) is 0 Å². The van der Waals surface area contributed by atoms with Crippen LogP contribution in [0.1, 0.15) is 24.1 Å². The van der Waals surface area contributed by atoms with Gasteiger partial charge in [0.15, 0.2) is 0 Å². The second-order valence-corrected chi connectivity index (χ2v) is 8.77. The van der Waals surface area contributed by atoms with Crippen LogP contribution in [0.2, 0.25) is 5.02 Å². The molecule has 2 amide bonds. The van der Waals surface area contributed by atoms with E-state index < -0.39 is 0 Å². The van der Waals surface area contributed by atoms with Crippen LogP contribution < -0.4 is 5.73 Å². The highest BCUT2D eigenvalue weighted by Crippen LogP contribution is 2.27. The maximum atomic E-state index is 12.4. The second kappa shape index (κ2) is 8.88. The second-order valence-electron chi connectivity index (χ2n) is 6.25. The van der Waals surface area contributed by atoms with Crippen molar-refractivity contribution in [3.8, 4) is 0 Å². The number of hydrogen-bond acceptors (Lipinski definition) is 5. The molecule has 0 spiro atoms. The van der Waals surface area contributed by atoms with Crippen molar-refractivity contribution in [2.45, 2.75) is 29.4 Å². The van der Waals surface area contributed by atoms with E-state index in [0.29, 0.717) is 32.4 Å². The normalized spacial score (nSPS) is 15.2. The van der Waals surface area contributed by atoms with Gasteiger partial charge in [0.2, 0.25) is 11.8 Å². The third-order valence-electron chi connectivity index (χ3n) is 4.39. The number of rotatable bonds is 6. The van der Waals surface area contributed by atoms with Gasteiger partial charge in [0.25, 0.3) is 0 Å². The van der Waals surface area contributed by atoms with E-state index in [1.165, 1.54) is 5.56 Å². The first-order valence-corrected chi connectivity index (χ1v) is 10.6. The van der Waals surface area contributed by atoms with Crippen LogP contribution in [0.3, 0.4) is 0 Å². The minimum atomic E-state index is -0.265. The highest BCUT2D eigenvalue weighted by atomic mass is 35.5. The Kier molecular flexibility index (Phi) is 6.56. The van der Waals surface area contributed by atoms with Crippen LogP contribution in [0, 0.1) is 5.92 Å². The zero-order valence-electron chi connectivity index (χ0n) is 14.2. The summed E-state index contributed by atoms with van der Waals surface area (Å²) in [5.74, 6) is 0.513. The quantitative estimate of drug-likeness (QED) is 0.742. The van der Waals surface area contributed by atoms with Gasteiger partial charge in [-0.15, -0.1) is 11.3 Å². The zero-order chi connectivity index (χ0) is 18.5. The Hall–Kier alpha value is -1.57. The number of benzene rings is 1. The van der Waals surface area contributed by atoms with Crippen LogP contribution in [-0.2, 0) is 21.8 Å². The molecule has 8 heteroatoms. The van der Waals surface area contributed by atoms with Crippen molar-refractivity contribution >= 4 is 46.5 Å². The fourth-order valence-corrected chi connectivity index (χ4v) is 4.77. The van der Waals surface area contributed by atoms with Crippen molar-refractivity contribution in [1.82, 2.24) is 9.88 Å². The summed E-state index contributed by atoms with van der Waals surface area (Å²) in [6, 6.07) is 7.77. The Balaban J connectivity index is 1.48. The van der Waals surface area contributed by atoms with E-state index in [9.17, 15) is 9.59 Å². The Morgan fingerprint density at radius 3 is 2.62 bits per heavy atom. The number of halogens is 1. The summed E-state index contributed by atoms with van der Waals surface area (Å²) in [6.45, 7) is 1.18. The van der Waals surface area contributed by atoms with E-state index in [2.05, 4.69) is 4.98 Å². The standard InChI is InChI=1S/C18H20ClN3O2S2/c19-14-3-1-12(2-4-14)10-25-18-21-15(11-26-18)9-16(23)22-7-5-13(6-8-22)17(20)24/h1-4,11,13H,5-10H2,(H2,20,24). The predicted octanol–water partition coefficient (Wildman–Crippen LogP) is 3.36. The highest BCUT2D eigenvalue weighted by molar-refractivity contribution is 8.00. The number of amides is 2. The van der Waals surface area contributed by atoms with Crippen molar-refractivity contribution < 1.29 is 9.59 Å². The topological polar surface area (TPSA) is 76.3 Å². The first kappa shape index (κ1) is 19.2. The van der Waals surface area contributed by atoms with E-state index in [0.717, 1.165) is 20.8 Å². The average molecular weight is 410 g/mol. The lowest BCUT2D eigenvalue weighted by molar-refractivity contribution is -0.134. The van der Waals surface area contributed by atoms with Gasteiger partial charge in [-0.05, 0) is 30.5 Å². The monoisotopic (exact) mass is 409 g/mol. The third-order valence-corrected chi connectivity index (χ3v) is 6.78. The van der Waals surface area contributed by atoms with Crippen molar-refractivity contribution in [3.63, 3.8) is 0 Å². The summed E-state index contributed by atoms with van der Waals surface area (Å²) in [4.78, 5) is 30.0. The number of primary amides is 1. The van der Waals surface area contributed by atoms with Gasteiger partial charge < -0.3 is 10.6 Å². The molecule has 0 radical (unpaired) electrons. The molecule has 0 saturated carbocycles. The van der Waals surface area contributed by atoms with Crippen LogP contribution in [-0.4, -0.2) is 34.8 Å². The number of carbonyl (C=O) groups is 2. The molecule has 1 aliphatic heterocycles. The number of likely N-dealkylation sites (tertiary alicyclic amines) is 1. The van der Waals surface area contributed by atoms with E-state index in [4.69, 9.17) is 17.3 Å². The van der Waals surface area contributed by atoms with Crippen LogP contribution >= 0.6 is 34.7 Å². The Labute approximate surface area is 165 Å². The molecule has 0 unspecified atom stereocenters. The summed E-state index contributed by atoms with van der Waals surface area (Å²) in [7, 11) is 0. The van der Waals surface area contributed by atoms with E-state index in [-0.39, 0.29) is 17.7 Å². The average Bonchev–Trinajstić information content (AvgIpc) is 3.08. The number of thiazole rings is 1. The molecule has 26 heavy (non-hydrogen) atoms. The molecule has 3 rings (SSSR count). The third kappa shape index (κ3) is 5.22. The molecule has 138 valence electrons. The first-order chi connectivity index (χ1) is 12.5. The van der Waals surface area contributed by atoms with Crippen molar-refractivity contribution in [2.75, 3.05) is 13.1 Å². The van der Waals surface area contributed by atoms with Crippen molar-refractivity contribution in [1.29, 1.82) is 0 Å². The van der Waals surface area contributed by atoms with Gasteiger partial charge in [0, 0.05) is 35.2 Å². The lowest BCUT2D eigenvalue weighted by atomic mass is 9.96. The molecule has 0 bridgehead atoms. The van der Waals surface area contributed by atoms with E-state index in [1.54, 1.807) is 28.0 Å². The number of nitrogens with zero attached hydrogens (tertiary/aromatic N) is 2. The minimum absolute atomic E-state index is 0.0625. The largest absolute Gasteiger partial charge is 0.369 e. The molecular weight excluding hydrogens is 390 g/mol. The number of hydrogen-bond donors (Lipinski definition) is 1. The number of carbonyl (C=O) groups excluding carboxylic acids is 2. The predicted molar refractivity (Wildman–Crippen MR) is 105 cm³/mol. The summed E-state index contributed by atoms with van der Waals surface area (Å²) in [5, 5.41) is 2.67. The molecule has 2 heterocycles. The maximum absolute atomic E-state index is 12.4. The molecule has 1 aromatic carbocycles. The van der Waals surface area contributed by atoms with Crippen LogP contribution in [0.15, 0.2) is 34.0 Å². The molecule has 1 saturated heterocycles. The molecule has 0 aliphatic carbocycles. The van der Waals surface area contributed by atoms with Gasteiger partial charge in [-0.25, -0.2) is 4.98 Å². The zero-order valence-corrected chi connectivity index (χ0v) is 16.6. The SMILES string of the molecule is NC(=O)C1CCN(C(=O)Cc2csc(SCc3ccc(Cl)cc3)n2)CC1. The Morgan fingerprint density at radius 2 is 1.96 bits per heavy atom. The molecule has 1 aliphatic rings. The van der Waals surface area contributed by atoms with Crippen molar-refractivity contribution in [3.05, 3.63) is 45.9 Å². The van der Waals surface area contributed by atoms with E-state index >= 15 is 0 Å². The molecule has 0 atom stereocenters. The first-order valence-electron chi connectivity index (χ1n) is 8.40. The lowest BCUT2D eigenvalue weighted by Crippen LogP contribution is -2.42. The number of thioether (sulfide) groups is 1. The van der Waals surface area contributed by atoms with Gasteiger partial charge in [-0.1, -0.05) is 35.5 Å². The van der Waals surface area contributed by atoms with Gasteiger partial charge in [-0.2, -0.15) is 0 Å². The molecule has 5 nitrogen and oxygen atoms in total. The summed E-state index contributed by atoms with van der Waals surface area (Å²) in [6.07, 6.45) is 1.61. The van der Waals surface area contributed by atoms with Crippen LogP contribution in [0.25, 0.3) is 0 Å². The number of aromatic nitrogens is 1. The van der Waals surface area contributed by atoms with Crippen molar-refractivity contribution in [2.24, 2.45) is 11.7 Å². The molecule has 1 fully saturated rings. The minimum Gasteiger partial charge on any atom is -0.369 e. The fourth-order valence-electron chi connectivity index (χ4n) is 2.84. The maximum Gasteiger partial charge on any atom is 0.228 e. The molecule has 2 N–H and O–H groups in total.